The van der Waals surface area contributed by atoms with Crippen LogP contribution in [0.25, 0.3) is 10.9 Å². The fourth-order valence-electron chi connectivity index (χ4n) is 3.88. The number of rotatable bonds is 7. The Morgan fingerprint density at radius 3 is 2.54 bits per heavy atom. The molecule has 0 radical (unpaired) electrons. The normalized spacial score (nSPS) is 15.7. The lowest BCUT2D eigenvalue weighted by molar-refractivity contribution is -0.120. The van der Waals surface area contributed by atoms with E-state index in [1.165, 1.54) is 35.6 Å². The van der Waals surface area contributed by atoms with Crippen molar-refractivity contribution in [2.45, 2.75) is 44.3 Å². The van der Waals surface area contributed by atoms with Crippen molar-refractivity contribution in [3.63, 3.8) is 0 Å². The van der Waals surface area contributed by atoms with Crippen LogP contribution in [0.15, 0.2) is 35.5 Å². The quantitative estimate of drug-likeness (QED) is 0.504. The van der Waals surface area contributed by atoms with Gasteiger partial charge in [-0.25, -0.2) is 36.5 Å². The summed E-state index contributed by atoms with van der Waals surface area (Å²) in [5.41, 5.74) is -0.337. The van der Waals surface area contributed by atoms with Crippen molar-refractivity contribution in [2.75, 3.05) is 18.4 Å². The van der Waals surface area contributed by atoms with Crippen molar-refractivity contribution >= 4 is 32.7 Å². The van der Waals surface area contributed by atoms with Gasteiger partial charge in [-0.05, 0) is 19.9 Å². The van der Waals surface area contributed by atoms with Gasteiger partial charge in [-0.1, -0.05) is 18.2 Å². The molecule has 186 valence electrons. The predicted molar refractivity (Wildman–Crippen MR) is 122 cm³/mol. The number of anilines is 1. The summed E-state index contributed by atoms with van der Waals surface area (Å²) in [5.74, 6) is -0.703. The maximum absolute atomic E-state index is 14.7. The van der Waals surface area contributed by atoms with E-state index in [9.17, 15) is 26.4 Å². The number of aryl methyl sites for hydroxylation is 1. The van der Waals surface area contributed by atoms with Crippen LogP contribution in [0.4, 0.5) is 19.0 Å². The van der Waals surface area contributed by atoms with Gasteiger partial charge in [-0.3, -0.25) is 4.79 Å². The number of pyridine rings is 1. The lowest BCUT2D eigenvalue weighted by Gasteiger charge is -2.37. The number of alkyl halides is 2. The summed E-state index contributed by atoms with van der Waals surface area (Å²) in [5, 5.41) is 5.74. The Morgan fingerprint density at radius 2 is 1.89 bits per heavy atom. The summed E-state index contributed by atoms with van der Waals surface area (Å²) >= 11 is 0. The summed E-state index contributed by atoms with van der Waals surface area (Å²) in [4.78, 5) is 23.8. The lowest BCUT2D eigenvalue weighted by Crippen LogP contribution is -2.60. The van der Waals surface area contributed by atoms with Crippen LogP contribution in [0.1, 0.15) is 43.3 Å². The molecular formula is C22H23F3N6O3S. The zero-order valence-electron chi connectivity index (χ0n) is 19.1. The number of nitrogens with one attached hydrogen (secondary N) is 2. The topological polar surface area (TPSA) is 117 Å². The second-order valence-electron chi connectivity index (χ2n) is 8.30. The van der Waals surface area contributed by atoms with Gasteiger partial charge in [-0.2, -0.15) is 4.31 Å². The molecule has 35 heavy (non-hydrogen) atoms. The molecule has 4 rings (SSSR count). The zero-order valence-corrected chi connectivity index (χ0v) is 19.9. The number of hydrogen-bond donors (Lipinski definition) is 2. The van der Waals surface area contributed by atoms with Crippen LogP contribution in [0.2, 0.25) is 0 Å². The van der Waals surface area contributed by atoms with Gasteiger partial charge in [0.05, 0.1) is 29.4 Å². The number of benzene rings is 1. The molecule has 1 fully saturated rings. The SMILES string of the molecule is CC(=O)NC1CN(S(=O)(=O)c2cc3c(N[C@H](C)c4cccc(C(F)F)c4F)nc(C)nc3cn2)C1. The van der Waals surface area contributed by atoms with Crippen LogP contribution in [0.3, 0.4) is 0 Å². The first-order valence-electron chi connectivity index (χ1n) is 10.7. The Kier molecular flexibility index (Phi) is 6.64. The highest BCUT2D eigenvalue weighted by Gasteiger charge is 2.38. The standard InChI is InChI=1S/C22H23F3N6O3S/c1-11(15-5-4-6-16(20(15)23)21(24)25)27-22-17-7-19(26-8-18(17)28-12(2)29-22)35(33,34)31-9-14(10-31)30-13(3)32/h4-8,11,14,21H,9-10H2,1-3H3,(H,30,32)(H,27,28,29)/t11-/m1/s1. The van der Waals surface area contributed by atoms with Crippen molar-refractivity contribution < 1.29 is 26.4 Å². The number of aromatic nitrogens is 3. The number of sulfonamides is 1. The molecule has 2 N–H and O–H groups in total. The minimum absolute atomic E-state index is 0.0127. The van der Waals surface area contributed by atoms with Gasteiger partial charge in [0, 0.05) is 31.0 Å². The third kappa shape index (κ3) is 4.91. The lowest BCUT2D eigenvalue weighted by atomic mass is 10.0. The van der Waals surface area contributed by atoms with E-state index in [0.717, 1.165) is 6.07 Å². The fraction of sp³-hybridized carbons (Fsp3) is 0.364. The number of fused-ring (bicyclic) bond motifs is 1. The van der Waals surface area contributed by atoms with Gasteiger partial charge in [-0.15, -0.1) is 0 Å². The number of hydrogen-bond acceptors (Lipinski definition) is 7. The van der Waals surface area contributed by atoms with E-state index in [1.807, 2.05) is 0 Å². The number of amides is 1. The van der Waals surface area contributed by atoms with E-state index < -0.39 is 33.9 Å². The third-order valence-corrected chi connectivity index (χ3v) is 7.37. The molecule has 1 atom stereocenters. The Bertz CT molecular complexity index is 1400. The molecule has 1 amide bonds. The molecular weight excluding hydrogens is 485 g/mol. The molecule has 1 aliphatic heterocycles. The minimum atomic E-state index is -3.95. The molecule has 2 aromatic heterocycles. The number of carbonyl (C=O) groups is 1. The summed E-state index contributed by atoms with van der Waals surface area (Å²) in [6, 6.07) is 4.03. The Hall–Kier alpha value is -3.32. The molecule has 3 heterocycles. The van der Waals surface area contributed by atoms with Gasteiger partial charge < -0.3 is 10.6 Å². The van der Waals surface area contributed by atoms with Gasteiger partial charge in [0.2, 0.25) is 5.91 Å². The second kappa shape index (κ2) is 9.38. The van der Waals surface area contributed by atoms with Crippen LogP contribution in [-0.2, 0) is 14.8 Å². The number of nitrogens with zero attached hydrogens (tertiary/aromatic N) is 4. The summed E-state index contributed by atoms with van der Waals surface area (Å²) in [7, 11) is -3.95. The maximum atomic E-state index is 14.7. The van der Waals surface area contributed by atoms with Crippen LogP contribution in [0.5, 0.6) is 0 Å². The maximum Gasteiger partial charge on any atom is 0.266 e. The average molecular weight is 509 g/mol. The molecule has 0 spiro atoms. The fourth-order valence-corrected chi connectivity index (χ4v) is 5.35. The molecule has 1 aromatic carbocycles. The molecule has 0 saturated carbocycles. The third-order valence-electron chi connectivity index (χ3n) is 5.64. The van der Waals surface area contributed by atoms with Crippen molar-refractivity contribution in [3.8, 4) is 0 Å². The first-order chi connectivity index (χ1) is 16.5. The van der Waals surface area contributed by atoms with Gasteiger partial charge in [0.1, 0.15) is 17.5 Å². The molecule has 0 bridgehead atoms. The Morgan fingerprint density at radius 1 is 1.20 bits per heavy atom. The van der Waals surface area contributed by atoms with Crippen LogP contribution < -0.4 is 10.6 Å². The smallest absolute Gasteiger partial charge is 0.266 e. The molecule has 1 aliphatic rings. The van der Waals surface area contributed by atoms with E-state index in [0.29, 0.717) is 16.7 Å². The summed E-state index contributed by atoms with van der Waals surface area (Å²) < 4.78 is 68.2. The number of halogens is 3. The van der Waals surface area contributed by atoms with E-state index in [-0.39, 0.29) is 41.4 Å². The average Bonchev–Trinajstić information content (AvgIpc) is 2.75. The van der Waals surface area contributed by atoms with E-state index in [4.69, 9.17) is 0 Å². The second-order valence-corrected chi connectivity index (χ2v) is 10.2. The van der Waals surface area contributed by atoms with Gasteiger partial charge in [0.15, 0.2) is 5.03 Å². The van der Waals surface area contributed by atoms with Crippen molar-refractivity contribution in [3.05, 3.63) is 53.2 Å². The van der Waals surface area contributed by atoms with E-state index in [2.05, 4.69) is 25.6 Å². The highest BCUT2D eigenvalue weighted by molar-refractivity contribution is 7.89. The Labute approximate surface area is 199 Å². The van der Waals surface area contributed by atoms with E-state index in [1.54, 1.807) is 13.8 Å². The molecule has 13 heteroatoms. The van der Waals surface area contributed by atoms with Crippen molar-refractivity contribution in [1.29, 1.82) is 0 Å². The molecule has 1 saturated heterocycles. The molecule has 3 aromatic rings. The highest BCUT2D eigenvalue weighted by Crippen LogP contribution is 2.31. The first kappa shape index (κ1) is 24.8. The van der Waals surface area contributed by atoms with E-state index >= 15 is 0 Å². The monoisotopic (exact) mass is 508 g/mol. The summed E-state index contributed by atoms with van der Waals surface area (Å²) in [6.45, 7) is 4.80. The Balaban J connectivity index is 1.66. The number of carbonyl (C=O) groups excluding carboxylic acids is 1. The zero-order chi connectivity index (χ0) is 25.5. The highest BCUT2D eigenvalue weighted by atomic mass is 32.2. The van der Waals surface area contributed by atoms with Crippen molar-refractivity contribution in [1.82, 2.24) is 24.6 Å². The largest absolute Gasteiger partial charge is 0.363 e. The van der Waals surface area contributed by atoms with Gasteiger partial charge in [0.25, 0.3) is 16.4 Å². The predicted octanol–water partition coefficient (Wildman–Crippen LogP) is 3.09. The summed E-state index contributed by atoms with van der Waals surface area (Å²) in [6.07, 6.45) is -1.66. The molecule has 0 unspecified atom stereocenters. The first-order valence-corrected chi connectivity index (χ1v) is 12.2. The molecule has 9 nitrogen and oxygen atoms in total. The van der Waals surface area contributed by atoms with Gasteiger partial charge >= 0.3 is 0 Å². The van der Waals surface area contributed by atoms with Crippen LogP contribution in [-0.4, -0.2) is 52.7 Å². The molecule has 0 aliphatic carbocycles. The van der Waals surface area contributed by atoms with Crippen LogP contribution >= 0.6 is 0 Å². The minimum Gasteiger partial charge on any atom is -0.363 e. The van der Waals surface area contributed by atoms with Crippen molar-refractivity contribution in [2.24, 2.45) is 0 Å². The van der Waals surface area contributed by atoms with Crippen LogP contribution in [0, 0.1) is 12.7 Å².